The molecule has 5 heteroatoms. The largest absolute Gasteiger partial charge is 0.389 e. The van der Waals surface area contributed by atoms with Gasteiger partial charge in [-0.05, 0) is 31.2 Å². The average molecular weight is 333 g/mol. The zero-order chi connectivity index (χ0) is 17.2. The molecular formula is C19H31N3O2. The highest BCUT2D eigenvalue weighted by atomic mass is 16.5. The molecule has 1 aromatic carbocycles. The van der Waals surface area contributed by atoms with Crippen LogP contribution in [0.2, 0.25) is 0 Å². The van der Waals surface area contributed by atoms with Gasteiger partial charge >= 0.3 is 0 Å². The summed E-state index contributed by atoms with van der Waals surface area (Å²) in [6, 6.07) is 10.00. The summed E-state index contributed by atoms with van der Waals surface area (Å²) in [6.45, 7) is 8.47. The number of nitrogens with zero attached hydrogens (tertiary/aromatic N) is 2. The summed E-state index contributed by atoms with van der Waals surface area (Å²) < 4.78 is 5.58. The molecule has 1 aromatic rings. The van der Waals surface area contributed by atoms with Gasteiger partial charge in [-0.1, -0.05) is 37.3 Å². The molecule has 1 heterocycles. The highest BCUT2D eigenvalue weighted by Gasteiger charge is 2.18. The van der Waals surface area contributed by atoms with Gasteiger partial charge in [-0.25, -0.2) is 0 Å². The minimum atomic E-state index is -0.578. The molecule has 0 saturated carbocycles. The number of piperidine rings is 1. The number of hydrogen-bond acceptors (Lipinski definition) is 3. The van der Waals surface area contributed by atoms with Crippen LogP contribution in [0, 0.1) is 5.92 Å². The lowest BCUT2D eigenvalue weighted by molar-refractivity contribution is 0.0329. The maximum Gasteiger partial charge on any atom is 0.194 e. The van der Waals surface area contributed by atoms with Crippen molar-refractivity contribution in [1.29, 1.82) is 0 Å². The van der Waals surface area contributed by atoms with Crippen LogP contribution in [0.1, 0.15) is 32.3 Å². The third kappa shape index (κ3) is 6.49. The fraction of sp³-hybridized carbons (Fsp3) is 0.632. The summed E-state index contributed by atoms with van der Waals surface area (Å²) in [5, 5.41) is 13.4. The van der Waals surface area contributed by atoms with Gasteiger partial charge in [0.15, 0.2) is 5.96 Å². The quantitative estimate of drug-likeness (QED) is 0.594. The summed E-state index contributed by atoms with van der Waals surface area (Å²) >= 11 is 0. The third-order valence-electron chi connectivity index (χ3n) is 4.29. The first kappa shape index (κ1) is 18.7. The van der Waals surface area contributed by atoms with Gasteiger partial charge in [-0.2, -0.15) is 0 Å². The number of nitrogens with one attached hydrogen (secondary N) is 1. The first-order valence-corrected chi connectivity index (χ1v) is 9.02. The molecule has 0 amide bonds. The Morgan fingerprint density at radius 1 is 1.33 bits per heavy atom. The van der Waals surface area contributed by atoms with Gasteiger partial charge in [0.25, 0.3) is 0 Å². The molecule has 134 valence electrons. The van der Waals surface area contributed by atoms with Crippen LogP contribution in [0.5, 0.6) is 0 Å². The molecule has 1 aliphatic rings. The van der Waals surface area contributed by atoms with Crippen molar-refractivity contribution < 1.29 is 9.84 Å². The lowest BCUT2D eigenvalue weighted by Crippen LogP contribution is -2.45. The van der Waals surface area contributed by atoms with Crippen molar-refractivity contribution in [2.75, 3.05) is 32.8 Å². The molecule has 24 heavy (non-hydrogen) atoms. The predicted octanol–water partition coefficient (Wildman–Crippen LogP) is 2.26. The number of aliphatic hydroxyl groups excluding tert-OH is 1. The predicted molar refractivity (Wildman–Crippen MR) is 98.1 cm³/mol. The second-order valence-electron chi connectivity index (χ2n) is 6.52. The van der Waals surface area contributed by atoms with E-state index in [1.807, 2.05) is 30.3 Å². The number of likely N-dealkylation sites (tertiary alicyclic amines) is 1. The number of guanidine groups is 1. The number of aliphatic hydroxyl groups is 1. The summed E-state index contributed by atoms with van der Waals surface area (Å²) in [4.78, 5) is 6.88. The van der Waals surface area contributed by atoms with E-state index in [1.165, 1.54) is 12.8 Å². The van der Waals surface area contributed by atoms with E-state index in [1.54, 1.807) is 0 Å². The van der Waals surface area contributed by atoms with Crippen molar-refractivity contribution in [3.8, 4) is 0 Å². The van der Waals surface area contributed by atoms with E-state index < -0.39 is 6.10 Å². The van der Waals surface area contributed by atoms with Gasteiger partial charge < -0.3 is 20.1 Å². The van der Waals surface area contributed by atoms with Gasteiger partial charge in [0.2, 0.25) is 0 Å². The van der Waals surface area contributed by atoms with Gasteiger partial charge in [0.05, 0.1) is 25.9 Å². The van der Waals surface area contributed by atoms with E-state index in [-0.39, 0.29) is 0 Å². The van der Waals surface area contributed by atoms with Gasteiger partial charge in [-0.15, -0.1) is 0 Å². The Labute approximate surface area is 145 Å². The molecule has 1 aliphatic heterocycles. The van der Waals surface area contributed by atoms with Gasteiger partial charge in [0.1, 0.15) is 0 Å². The van der Waals surface area contributed by atoms with Crippen molar-refractivity contribution in [2.45, 2.75) is 39.4 Å². The fourth-order valence-electron chi connectivity index (χ4n) is 2.78. The minimum absolute atomic E-state index is 0.300. The van der Waals surface area contributed by atoms with Gasteiger partial charge in [-0.3, -0.25) is 4.99 Å². The van der Waals surface area contributed by atoms with Crippen molar-refractivity contribution in [2.24, 2.45) is 10.9 Å². The first-order chi connectivity index (χ1) is 11.7. The maximum absolute atomic E-state index is 10.1. The van der Waals surface area contributed by atoms with Crippen LogP contribution >= 0.6 is 0 Å². The van der Waals surface area contributed by atoms with E-state index in [0.717, 1.165) is 37.1 Å². The molecule has 1 unspecified atom stereocenters. The van der Waals surface area contributed by atoms with Crippen molar-refractivity contribution in [1.82, 2.24) is 10.2 Å². The highest BCUT2D eigenvalue weighted by Crippen LogP contribution is 2.15. The molecular weight excluding hydrogens is 302 g/mol. The van der Waals surface area contributed by atoms with Crippen LogP contribution in [-0.2, 0) is 11.3 Å². The summed E-state index contributed by atoms with van der Waals surface area (Å²) in [5.41, 5.74) is 1.11. The lowest BCUT2D eigenvalue weighted by Gasteiger charge is -2.33. The normalized spacial score (nSPS) is 17.8. The Bertz CT molecular complexity index is 485. The van der Waals surface area contributed by atoms with Crippen LogP contribution in [0.3, 0.4) is 0 Å². The van der Waals surface area contributed by atoms with E-state index in [0.29, 0.717) is 19.8 Å². The Hall–Kier alpha value is -1.59. The molecule has 1 atom stereocenters. The van der Waals surface area contributed by atoms with Crippen molar-refractivity contribution >= 4 is 5.96 Å². The van der Waals surface area contributed by atoms with Crippen LogP contribution in [-0.4, -0.2) is 54.9 Å². The van der Waals surface area contributed by atoms with E-state index >= 15 is 0 Å². The van der Waals surface area contributed by atoms with Crippen LogP contribution < -0.4 is 5.32 Å². The molecule has 0 aromatic heterocycles. The molecule has 1 fully saturated rings. The number of benzene rings is 1. The number of aliphatic imine (C=N–C) groups is 1. The molecule has 0 radical (unpaired) electrons. The summed E-state index contributed by atoms with van der Waals surface area (Å²) in [7, 11) is 0. The molecule has 0 bridgehead atoms. The monoisotopic (exact) mass is 333 g/mol. The highest BCUT2D eigenvalue weighted by molar-refractivity contribution is 5.80. The Morgan fingerprint density at radius 3 is 2.71 bits per heavy atom. The Balaban J connectivity index is 1.75. The SMILES string of the molecule is CCNC(=NCC(O)COCc1ccccc1)N1CCC(C)CC1. The third-order valence-corrected chi connectivity index (χ3v) is 4.29. The average Bonchev–Trinajstić information content (AvgIpc) is 2.60. The Kier molecular flexibility index (Phi) is 8.05. The second kappa shape index (κ2) is 10.3. The van der Waals surface area contributed by atoms with E-state index in [4.69, 9.17) is 4.74 Å². The molecule has 0 spiro atoms. The lowest BCUT2D eigenvalue weighted by atomic mass is 10.00. The standard InChI is InChI=1S/C19H31N3O2/c1-3-20-19(22-11-9-16(2)10-12-22)21-13-18(23)15-24-14-17-7-5-4-6-8-17/h4-8,16,18,23H,3,9-15H2,1-2H3,(H,20,21). The fourth-order valence-corrected chi connectivity index (χ4v) is 2.78. The van der Waals surface area contributed by atoms with E-state index in [9.17, 15) is 5.11 Å². The second-order valence-corrected chi connectivity index (χ2v) is 6.52. The van der Waals surface area contributed by atoms with Crippen LogP contribution in [0.25, 0.3) is 0 Å². The smallest absolute Gasteiger partial charge is 0.194 e. The molecule has 5 nitrogen and oxygen atoms in total. The molecule has 0 aliphatic carbocycles. The first-order valence-electron chi connectivity index (χ1n) is 9.02. The maximum atomic E-state index is 10.1. The molecule has 2 rings (SSSR count). The number of ether oxygens (including phenoxy) is 1. The van der Waals surface area contributed by atoms with Crippen molar-refractivity contribution in [3.05, 3.63) is 35.9 Å². The summed E-state index contributed by atoms with van der Waals surface area (Å²) in [5.74, 6) is 1.70. The number of rotatable bonds is 7. The van der Waals surface area contributed by atoms with Crippen LogP contribution in [0.15, 0.2) is 35.3 Å². The zero-order valence-corrected chi connectivity index (χ0v) is 14.9. The van der Waals surface area contributed by atoms with E-state index in [2.05, 4.69) is 29.1 Å². The molecule has 2 N–H and O–H groups in total. The van der Waals surface area contributed by atoms with Crippen molar-refractivity contribution in [3.63, 3.8) is 0 Å². The van der Waals surface area contributed by atoms with Gasteiger partial charge in [0, 0.05) is 19.6 Å². The summed E-state index contributed by atoms with van der Waals surface area (Å²) in [6.07, 6.45) is 1.83. The number of hydrogen-bond donors (Lipinski definition) is 2. The Morgan fingerprint density at radius 2 is 2.04 bits per heavy atom. The topological polar surface area (TPSA) is 57.1 Å². The van der Waals surface area contributed by atoms with Crippen LogP contribution in [0.4, 0.5) is 0 Å². The minimum Gasteiger partial charge on any atom is -0.389 e. The molecule has 1 saturated heterocycles. The zero-order valence-electron chi connectivity index (χ0n) is 14.9.